The summed E-state index contributed by atoms with van der Waals surface area (Å²) >= 11 is 6.20. The van der Waals surface area contributed by atoms with Crippen molar-refractivity contribution in [3.63, 3.8) is 0 Å². The summed E-state index contributed by atoms with van der Waals surface area (Å²) < 4.78 is 10.4. The molecule has 3 atom stereocenters. The fourth-order valence-electron chi connectivity index (χ4n) is 2.14. The van der Waals surface area contributed by atoms with Gasteiger partial charge >= 0.3 is 123 Å². The van der Waals surface area contributed by atoms with Gasteiger partial charge in [-0.15, -0.1) is 0 Å². The van der Waals surface area contributed by atoms with Gasteiger partial charge in [-0.3, -0.25) is 0 Å². The predicted octanol–water partition coefficient (Wildman–Crippen LogP) is -0.500. The van der Waals surface area contributed by atoms with Crippen LogP contribution < -0.4 is 10.6 Å². The maximum absolute atomic E-state index is 11.0. The number of carboxylic acids is 1. The van der Waals surface area contributed by atoms with Crippen molar-refractivity contribution in [2.75, 3.05) is 6.44 Å². The van der Waals surface area contributed by atoms with Gasteiger partial charge in [-0.2, -0.15) is 0 Å². The SMILES string of the molecule is CB(O)/N=C(/NCB=O)NC1CC(C(=O)O)CCC1Cl. The van der Waals surface area contributed by atoms with Crippen LogP contribution in [-0.4, -0.2) is 54.1 Å². The summed E-state index contributed by atoms with van der Waals surface area (Å²) in [6.07, 6.45) is 1.56. The molecule has 0 radical (unpaired) electrons. The van der Waals surface area contributed by atoms with Gasteiger partial charge in [-0.05, 0) is 0 Å². The number of carbonyl (C=O) groups is 1. The van der Waals surface area contributed by atoms with Gasteiger partial charge in [0, 0.05) is 0 Å². The molecule has 1 aliphatic carbocycles. The van der Waals surface area contributed by atoms with E-state index >= 15 is 0 Å². The van der Waals surface area contributed by atoms with Crippen molar-refractivity contribution < 1.29 is 19.6 Å². The van der Waals surface area contributed by atoms with Crippen LogP contribution in [0, 0.1) is 5.92 Å². The van der Waals surface area contributed by atoms with Gasteiger partial charge < -0.3 is 0 Å². The van der Waals surface area contributed by atoms with Crippen LogP contribution in [0.1, 0.15) is 19.3 Å². The molecule has 1 fully saturated rings. The monoisotopic (exact) mass is 301 g/mol. The van der Waals surface area contributed by atoms with E-state index in [4.69, 9.17) is 16.7 Å². The Morgan fingerprint density at radius 3 is 2.80 bits per heavy atom. The van der Waals surface area contributed by atoms with Crippen LogP contribution >= 0.6 is 11.6 Å². The molecule has 110 valence electrons. The molecule has 7 nitrogen and oxygen atoms in total. The van der Waals surface area contributed by atoms with Crippen LogP contribution in [0.25, 0.3) is 0 Å². The molecule has 0 amide bonds. The van der Waals surface area contributed by atoms with Crippen LogP contribution in [0.4, 0.5) is 0 Å². The average Bonchev–Trinajstić information content (AvgIpc) is 2.37. The van der Waals surface area contributed by atoms with E-state index in [0.717, 1.165) is 0 Å². The first-order valence-corrected chi connectivity index (χ1v) is 6.94. The molecule has 1 aliphatic rings. The predicted molar refractivity (Wildman–Crippen MR) is 77.3 cm³/mol. The number of hydrogen-bond acceptors (Lipinski definition) is 4. The fourth-order valence-corrected chi connectivity index (χ4v) is 2.43. The quantitative estimate of drug-likeness (QED) is 0.236. The third-order valence-corrected chi connectivity index (χ3v) is 3.63. The molecule has 1 rings (SSSR count). The second kappa shape index (κ2) is 8.26. The standard InChI is InChI=1S/C10H18B2ClN3O4/c1-12(20)16-10(14-5-11-19)15-8-4-6(9(17)18)2-3-7(8)13/h6-8,20H,2-5H2,1H3,(H,17,18)(H2,14,15,16). The Balaban J connectivity index is 2.69. The van der Waals surface area contributed by atoms with Gasteiger partial charge in [0.15, 0.2) is 0 Å². The third-order valence-electron chi connectivity index (χ3n) is 3.11. The molecule has 0 bridgehead atoms. The molecular formula is C10H18B2ClN3O4. The molecule has 0 heterocycles. The number of carboxylic acid groups (broad SMARTS) is 1. The molecule has 1 saturated carbocycles. The minimum atomic E-state index is -0.940. The van der Waals surface area contributed by atoms with Gasteiger partial charge in [-0.1, -0.05) is 0 Å². The van der Waals surface area contributed by atoms with Crippen LogP contribution in [-0.2, 0) is 9.50 Å². The van der Waals surface area contributed by atoms with Crippen LogP contribution in [0.5, 0.6) is 0 Å². The normalized spacial score (nSPS) is 26.6. The molecule has 0 aromatic carbocycles. The Hall–Kier alpha value is -1.08. The van der Waals surface area contributed by atoms with Gasteiger partial charge in [0.2, 0.25) is 0 Å². The maximum atomic E-state index is 11.0. The number of nitrogens with one attached hydrogen (secondary N) is 2. The van der Waals surface area contributed by atoms with E-state index in [1.54, 1.807) is 0 Å². The summed E-state index contributed by atoms with van der Waals surface area (Å²) in [5.41, 5.74) is 0. The number of nitrogens with zero attached hydrogens (tertiary/aromatic N) is 1. The number of halogens is 1. The second-order valence-corrected chi connectivity index (χ2v) is 5.33. The number of alkyl halides is 1. The Bertz CT molecular complexity index is 384. The first-order valence-electron chi connectivity index (χ1n) is 6.50. The Kier molecular flexibility index (Phi) is 7.01. The van der Waals surface area contributed by atoms with E-state index in [1.165, 1.54) is 6.82 Å². The molecule has 0 aromatic rings. The Morgan fingerprint density at radius 2 is 2.25 bits per heavy atom. The van der Waals surface area contributed by atoms with E-state index in [0.29, 0.717) is 26.4 Å². The van der Waals surface area contributed by atoms with Crippen molar-refractivity contribution in [1.29, 1.82) is 0 Å². The molecule has 0 aromatic heterocycles. The first kappa shape index (κ1) is 17.0. The molecule has 0 saturated heterocycles. The molecular weight excluding hydrogens is 283 g/mol. The van der Waals surface area contributed by atoms with Gasteiger partial charge in [-0.25, -0.2) is 0 Å². The average molecular weight is 301 g/mol. The van der Waals surface area contributed by atoms with Crippen molar-refractivity contribution in [2.45, 2.75) is 37.5 Å². The molecule has 3 unspecified atom stereocenters. The number of rotatable bonds is 5. The van der Waals surface area contributed by atoms with E-state index in [1.807, 2.05) is 0 Å². The summed E-state index contributed by atoms with van der Waals surface area (Å²) in [6, 6.07) is -0.275. The van der Waals surface area contributed by atoms with Gasteiger partial charge in [0.1, 0.15) is 0 Å². The Labute approximate surface area is 123 Å². The summed E-state index contributed by atoms with van der Waals surface area (Å²) in [4.78, 5) is 14.9. The zero-order chi connectivity index (χ0) is 15.1. The van der Waals surface area contributed by atoms with Crippen LogP contribution in [0.15, 0.2) is 4.90 Å². The molecule has 10 heteroatoms. The zero-order valence-corrected chi connectivity index (χ0v) is 12.0. The Morgan fingerprint density at radius 1 is 1.55 bits per heavy atom. The van der Waals surface area contributed by atoms with E-state index in [2.05, 4.69) is 15.5 Å². The van der Waals surface area contributed by atoms with Gasteiger partial charge in [0.25, 0.3) is 0 Å². The summed E-state index contributed by atoms with van der Waals surface area (Å²) in [5.74, 6) is -1.04. The van der Waals surface area contributed by atoms with Crippen LogP contribution in [0.3, 0.4) is 0 Å². The van der Waals surface area contributed by atoms with E-state index < -0.39 is 18.9 Å². The number of hydrogen-bond donors (Lipinski definition) is 4. The number of aliphatic carboxylic acids is 1. The molecule has 4 N–H and O–H groups in total. The molecule has 0 aliphatic heterocycles. The van der Waals surface area contributed by atoms with Crippen molar-refractivity contribution >= 4 is 37.7 Å². The zero-order valence-electron chi connectivity index (χ0n) is 11.3. The molecule has 0 spiro atoms. The fraction of sp³-hybridized carbons (Fsp3) is 0.800. The topological polar surface area (TPSA) is 111 Å². The molecule has 20 heavy (non-hydrogen) atoms. The van der Waals surface area contributed by atoms with Crippen molar-refractivity contribution in [3.05, 3.63) is 0 Å². The summed E-state index contributed by atoms with van der Waals surface area (Å²) in [7, 11) is -0.275. The number of guanidine groups is 1. The van der Waals surface area contributed by atoms with Gasteiger partial charge in [0.05, 0.1) is 0 Å². The minimum absolute atomic E-state index is 0.0422. The summed E-state index contributed by atoms with van der Waals surface area (Å²) in [5, 5.41) is 23.8. The van der Waals surface area contributed by atoms with E-state index in [9.17, 15) is 14.5 Å². The van der Waals surface area contributed by atoms with Crippen molar-refractivity contribution in [1.82, 2.24) is 10.6 Å². The summed E-state index contributed by atoms with van der Waals surface area (Å²) in [6.45, 7) is 1.48. The van der Waals surface area contributed by atoms with Crippen molar-refractivity contribution in [3.8, 4) is 0 Å². The third kappa shape index (κ3) is 5.50. The van der Waals surface area contributed by atoms with Crippen molar-refractivity contribution in [2.24, 2.45) is 10.8 Å². The first-order chi connectivity index (χ1) is 9.43. The second-order valence-electron chi connectivity index (χ2n) is 4.77. The van der Waals surface area contributed by atoms with E-state index in [-0.39, 0.29) is 23.8 Å². The van der Waals surface area contributed by atoms with Crippen LogP contribution in [0.2, 0.25) is 6.82 Å².